The SMILES string of the molecule is CCCCCOC(=O)/C=C/C(=O)OC(CC)C(C)C. The third-order valence-corrected chi connectivity index (χ3v) is 2.76. The van der Waals surface area contributed by atoms with Crippen molar-refractivity contribution in [1.29, 1.82) is 0 Å². The number of hydrogen-bond donors (Lipinski definition) is 0. The number of carbonyl (C=O) groups is 2. The molecule has 0 bridgehead atoms. The molecule has 0 aromatic rings. The van der Waals surface area contributed by atoms with Gasteiger partial charge in [0.25, 0.3) is 0 Å². The van der Waals surface area contributed by atoms with E-state index < -0.39 is 11.9 Å². The smallest absolute Gasteiger partial charge is 0.331 e. The van der Waals surface area contributed by atoms with Crippen molar-refractivity contribution < 1.29 is 19.1 Å². The van der Waals surface area contributed by atoms with Gasteiger partial charge in [-0.15, -0.1) is 0 Å². The zero-order chi connectivity index (χ0) is 14.7. The van der Waals surface area contributed by atoms with Gasteiger partial charge in [0, 0.05) is 12.2 Å². The Morgan fingerprint density at radius 2 is 1.68 bits per heavy atom. The standard InChI is InChI=1S/C15H26O4/c1-5-7-8-11-18-14(16)9-10-15(17)19-13(6-2)12(3)4/h9-10,12-13H,5-8,11H2,1-4H3/b10-9+. The summed E-state index contributed by atoms with van der Waals surface area (Å²) in [5.74, 6) is -0.722. The van der Waals surface area contributed by atoms with Crippen molar-refractivity contribution in [2.45, 2.75) is 59.5 Å². The van der Waals surface area contributed by atoms with Gasteiger partial charge in [-0.2, -0.15) is 0 Å². The fourth-order valence-electron chi connectivity index (χ4n) is 1.59. The van der Waals surface area contributed by atoms with E-state index in [2.05, 4.69) is 6.92 Å². The summed E-state index contributed by atoms with van der Waals surface area (Å²) in [5, 5.41) is 0. The quantitative estimate of drug-likeness (QED) is 0.366. The van der Waals surface area contributed by atoms with Crippen LogP contribution >= 0.6 is 0 Å². The summed E-state index contributed by atoms with van der Waals surface area (Å²) in [6, 6.07) is 0. The van der Waals surface area contributed by atoms with E-state index in [4.69, 9.17) is 9.47 Å². The summed E-state index contributed by atoms with van der Waals surface area (Å²) >= 11 is 0. The molecule has 0 aliphatic carbocycles. The molecule has 1 atom stereocenters. The Labute approximate surface area is 116 Å². The highest BCUT2D eigenvalue weighted by Crippen LogP contribution is 2.10. The van der Waals surface area contributed by atoms with Crippen molar-refractivity contribution in [3.8, 4) is 0 Å². The van der Waals surface area contributed by atoms with Gasteiger partial charge in [-0.1, -0.05) is 40.5 Å². The molecular formula is C15H26O4. The van der Waals surface area contributed by atoms with Crippen LogP contribution in [0.3, 0.4) is 0 Å². The van der Waals surface area contributed by atoms with Crippen LogP contribution in [0.15, 0.2) is 12.2 Å². The van der Waals surface area contributed by atoms with E-state index in [9.17, 15) is 9.59 Å². The summed E-state index contributed by atoms with van der Waals surface area (Å²) in [4.78, 5) is 22.8. The first-order chi connectivity index (χ1) is 9.01. The maximum Gasteiger partial charge on any atom is 0.331 e. The summed E-state index contributed by atoms with van der Waals surface area (Å²) in [5.41, 5.74) is 0. The molecule has 0 rings (SSSR count). The van der Waals surface area contributed by atoms with Crippen molar-refractivity contribution in [2.75, 3.05) is 6.61 Å². The molecule has 0 aliphatic heterocycles. The molecule has 19 heavy (non-hydrogen) atoms. The van der Waals surface area contributed by atoms with E-state index in [1.807, 2.05) is 20.8 Å². The second-order valence-corrected chi connectivity index (χ2v) is 4.84. The van der Waals surface area contributed by atoms with Gasteiger partial charge in [0.1, 0.15) is 6.10 Å². The first-order valence-electron chi connectivity index (χ1n) is 7.06. The van der Waals surface area contributed by atoms with Gasteiger partial charge in [0.05, 0.1) is 6.61 Å². The molecule has 0 radical (unpaired) electrons. The Hall–Kier alpha value is -1.32. The third-order valence-electron chi connectivity index (χ3n) is 2.76. The number of hydrogen-bond acceptors (Lipinski definition) is 4. The number of esters is 2. The van der Waals surface area contributed by atoms with Crippen LogP contribution < -0.4 is 0 Å². The first-order valence-corrected chi connectivity index (χ1v) is 7.06. The van der Waals surface area contributed by atoms with Gasteiger partial charge in [-0.05, 0) is 18.8 Å². The summed E-state index contributed by atoms with van der Waals surface area (Å²) in [7, 11) is 0. The summed E-state index contributed by atoms with van der Waals surface area (Å²) in [6.45, 7) is 8.43. The maximum absolute atomic E-state index is 11.5. The van der Waals surface area contributed by atoms with Gasteiger partial charge >= 0.3 is 11.9 Å². The molecule has 0 amide bonds. The van der Waals surface area contributed by atoms with Crippen molar-refractivity contribution in [1.82, 2.24) is 0 Å². The molecule has 110 valence electrons. The average molecular weight is 270 g/mol. The normalized spacial score (nSPS) is 12.7. The zero-order valence-corrected chi connectivity index (χ0v) is 12.5. The van der Waals surface area contributed by atoms with E-state index in [0.29, 0.717) is 6.61 Å². The molecule has 0 aromatic heterocycles. The average Bonchev–Trinajstić information content (AvgIpc) is 2.38. The zero-order valence-electron chi connectivity index (χ0n) is 12.5. The molecule has 0 saturated heterocycles. The monoisotopic (exact) mass is 270 g/mol. The van der Waals surface area contributed by atoms with Crippen LogP contribution in [0.1, 0.15) is 53.4 Å². The van der Waals surface area contributed by atoms with E-state index >= 15 is 0 Å². The van der Waals surface area contributed by atoms with E-state index in [0.717, 1.165) is 37.8 Å². The van der Waals surface area contributed by atoms with Crippen LogP contribution in [0, 0.1) is 5.92 Å². The van der Waals surface area contributed by atoms with Crippen LogP contribution in [-0.2, 0) is 19.1 Å². The van der Waals surface area contributed by atoms with Crippen molar-refractivity contribution >= 4 is 11.9 Å². The van der Waals surface area contributed by atoms with Crippen LogP contribution in [0.5, 0.6) is 0 Å². The predicted octanol–water partition coefficient (Wildman–Crippen LogP) is 3.25. The molecule has 0 aliphatic rings. The number of ether oxygens (including phenoxy) is 2. The minimum atomic E-state index is -0.495. The molecule has 1 unspecified atom stereocenters. The highest BCUT2D eigenvalue weighted by atomic mass is 16.5. The van der Waals surface area contributed by atoms with Gasteiger partial charge in [0.15, 0.2) is 0 Å². The third kappa shape index (κ3) is 9.28. The lowest BCUT2D eigenvalue weighted by atomic mass is 10.1. The minimum Gasteiger partial charge on any atom is -0.463 e. The minimum absolute atomic E-state index is 0.113. The van der Waals surface area contributed by atoms with E-state index in [-0.39, 0.29) is 12.0 Å². The molecule has 0 N–H and O–H groups in total. The van der Waals surface area contributed by atoms with Crippen LogP contribution in [-0.4, -0.2) is 24.6 Å². The lowest BCUT2D eigenvalue weighted by Gasteiger charge is -2.18. The number of rotatable bonds is 9. The number of unbranched alkanes of at least 4 members (excludes halogenated alkanes) is 2. The van der Waals surface area contributed by atoms with Crippen molar-refractivity contribution in [3.63, 3.8) is 0 Å². The molecule has 0 heterocycles. The Bertz CT molecular complexity index is 295. The number of carbonyl (C=O) groups excluding carboxylic acids is 2. The molecule has 4 heteroatoms. The Morgan fingerprint density at radius 3 is 2.21 bits per heavy atom. The summed E-state index contributed by atoms with van der Waals surface area (Å²) in [6.07, 6.45) is 5.87. The van der Waals surface area contributed by atoms with E-state index in [1.54, 1.807) is 0 Å². The topological polar surface area (TPSA) is 52.6 Å². The van der Waals surface area contributed by atoms with Gasteiger partial charge < -0.3 is 9.47 Å². The van der Waals surface area contributed by atoms with Crippen LogP contribution in [0.4, 0.5) is 0 Å². The molecule has 0 saturated carbocycles. The Kier molecular flexibility index (Phi) is 9.85. The van der Waals surface area contributed by atoms with Crippen LogP contribution in [0.2, 0.25) is 0 Å². The lowest BCUT2D eigenvalue weighted by molar-refractivity contribution is -0.146. The second kappa shape index (κ2) is 10.6. The lowest BCUT2D eigenvalue weighted by Crippen LogP contribution is -2.21. The fourth-order valence-corrected chi connectivity index (χ4v) is 1.59. The highest BCUT2D eigenvalue weighted by Gasteiger charge is 2.14. The second-order valence-electron chi connectivity index (χ2n) is 4.84. The van der Waals surface area contributed by atoms with Crippen LogP contribution in [0.25, 0.3) is 0 Å². The Balaban J connectivity index is 3.96. The molecule has 0 aromatic carbocycles. The van der Waals surface area contributed by atoms with Gasteiger partial charge in [-0.25, -0.2) is 9.59 Å². The summed E-state index contributed by atoms with van der Waals surface area (Å²) < 4.78 is 10.2. The molecule has 0 spiro atoms. The van der Waals surface area contributed by atoms with E-state index in [1.165, 1.54) is 0 Å². The molecule has 0 fully saturated rings. The first kappa shape index (κ1) is 17.7. The maximum atomic E-state index is 11.5. The molecule has 4 nitrogen and oxygen atoms in total. The fraction of sp³-hybridized carbons (Fsp3) is 0.733. The molecular weight excluding hydrogens is 244 g/mol. The Morgan fingerprint density at radius 1 is 1.05 bits per heavy atom. The predicted molar refractivity (Wildman–Crippen MR) is 74.6 cm³/mol. The largest absolute Gasteiger partial charge is 0.463 e. The van der Waals surface area contributed by atoms with Crippen molar-refractivity contribution in [3.05, 3.63) is 12.2 Å². The van der Waals surface area contributed by atoms with Gasteiger partial charge in [0.2, 0.25) is 0 Å². The van der Waals surface area contributed by atoms with Crippen molar-refractivity contribution in [2.24, 2.45) is 5.92 Å². The highest BCUT2D eigenvalue weighted by molar-refractivity contribution is 5.91. The van der Waals surface area contributed by atoms with Gasteiger partial charge in [-0.3, -0.25) is 0 Å².